The number of nitrogens with one attached hydrogen (secondary N) is 1. The molecule has 1 aromatic carbocycles. The summed E-state index contributed by atoms with van der Waals surface area (Å²) >= 11 is 11.8. The number of halogens is 3. The number of hydrogen-bond acceptors (Lipinski definition) is 3. The molecule has 0 saturated heterocycles. The Morgan fingerprint density at radius 3 is 2.53 bits per heavy atom. The fourth-order valence-electron chi connectivity index (χ4n) is 1.13. The van der Waals surface area contributed by atoms with Crippen LogP contribution in [0.1, 0.15) is 10.4 Å². The third-order valence-electron chi connectivity index (χ3n) is 2.00. The molecule has 2 N–H and O–H groups in total. The van der Waals surface area contributed by atoms with E-state index in [1.165, 1.54) is 6.07 Å². The zero-order chi connectivity index (χ0) is 14.8. The van der Waals surface area contributed by atoms with Crippen LogP contribution in [-0.2, 0) is 10.0 Å². The summed E-state index contributed by atoms with van der Waals surface area (Å²) in [5.74, 6) is -1.31. The summed E-state index contributed by atoms with van der Waals surface area (Å²) in [6.45, 7) is 3.49. The van der Waals surface area contributed by atoms with E-state index in [-0.39, 0.29) is 26.5 Å². The summed E-state index contributed by atoms with van der Waals surface area (Å²) in [7, 11) is -3.84. The van der Waals surface area contributed by atoms with Crippen molar-refractivity contribution in [3.63, 3.8) is 0 Å². The van der Waals surface area contributed by atoms with Crippen LogP contribution in [0, 0.1) is 0 Å². The van der Waals surface area contributed by atoms with Crippen LogP contribution in [0.25, 0.3) is 0 Å². The number of benzene rings is 1. The van der Waals surface area contributed by atoms with E-state index in [4.69, 9.17) is 16.7 Å². The van der Waals surface area contributed by atoms with E-state index in [1.807, 2.05) is 0 Å². The quantitative estimate of drug-likeness (QED) is 0.748. The van der Waals surface area contributed by atoms with Gasteiger partial charge in [-0.05, 0) is 28.1 Å². The van der Waals surface area contributed by atoms with Crippen molar-refractivity contribution >= 4 is 59.5 Å². The van der Waals surface area contributed by atoms with Gasteiger partial charge in [-0.1, -0.05) is 34.1 Å². The number of rotatable bonds is 5. The molecule has 0 saturated carbocycles. The molecule has 0 aliphatic heterocycles. The minimum atomic E-state index is -3.84. The van der Waals surface area contributed by atoms with E-state index in [1.54, 1.807) is 0 Å². The Kier molecular flexibility index (Phi) is 5.57. The summed E-state index contributed by atoms with van der Waals surface area (Å²) < 4.78 is 26.8. The molecule has 1 aromatic rings. The lowest BCUT2D eigenvalue weighted by atomic mass is 10.2. The highest BCUT2D eigenvalue weighted by molar-refractivity contribution is 9.11. The van der Waals surface area contributed by atoms with Gasteiger partial charge in [0.2, 0.25) is 10.0 Å². The highest BCUT2D eigenvalue weighted by Gasteiger charge is 2.20. The normalized spacial score (nSPS) is 11.3. The molecule has 9 heteroatoms. The Hall–Kier alpha value is -0.410. The molecule has 0 fully saturated rings. The van der Waals surface area contributed by atoms with Gasteiger partial charge in [0.25, 0.3) is 0 Å². The maximum atomic E-state index is 11.9. The molecule has 1 rings (SSSR count). The van der Waals surface area contributed by atoms with Crippen LogP contribution in [0.4, 0.5) is 0 Å². The van der Waals surface area contributed by atoms with Crippen molar-refractivity contribution in [2.24, 2.45) is 0 Å². The molecule has 0 radical (unpaired) electrons. The van der Waals surface area contributed by atoms with Crippen molar-refractivity contribution in [2.45, 2.75) is 4.90 Å². The van der Waals surface area contributed by atoms with Crippen molar-refractivity contribution in [2.75, 3.05) is 6.54 Å². The molecule has 5 nitrogen and oxygen atoms in total. The Balaban J connectivity index is 3.28. The molecule has 0 bridgehead atoms. The molecule has 104 valence electrons. The highest BCUT2D eigenvalue weighted by atomic mass is 79.9. The van der Waals surface area contributed by atoms with Crippen molar-refractivity contribution in [3.05, 3.63) is 38.3 Å². The first-order chi connectivity index (χ1) is 8.65. The summed E-state index contributed by atoms with van der Waals surface area (Å²) in [6.07, 6.45) is 0. The van der Waals surface area contributed by atoms with Crippen LogP contribution in [0.3, 0.4) is 0 Å². The Morgan fingerprint density at radius 1 is 1.47 bits per heavy atom. The second-order valence-electron chi connectivity index (χ2n) is 3.41. The van der Waals surface area contributed by atoms with E-state index in [2.05, 4.69) is 43.2 Å². The monoisotopic (exact) mass is 431 g/mol. The minimum absolute atomic E-state index is 0.00894. The van der Waals surface area contributed by atoms with Crippen LogP contribution in [-0.4, -0.2) is 26.0 Å². The molecule has 0 heterocycles. The van der Waals surface area contributed by atoms with Gasteiger partial charge in [0, 0.05) is 15.5 Å². The van der Waals surface area contributed by atoms with Gasteiger partial charge in [0.1, 0.15) is 0 Å². The fraction of sp³-hybridized carbons (Fsp3) is 0.100. The highest BCUT2D eigenvalue weighted by Crippen LogP contribution is 2.29. The van der Waals surface area contributed by atoms with Gasteiger partial charge in [0.15, 0.2) is 0 Å². The number of carbonyl (C=O) groups is 1. The average Bonchev–Trinajstić information content (AvgIpc) is 2.29. The van der Waals surface area contributed by atoms with Gasteiger partial charge in [0.05, 0.1) is 15.5 Å². The Bertz CT molecular complexity index is 645. The summed E-state index contributed by atoms with van der Waals surface area (Å²) in [5, 5.41) is 8.90. The predicted octanol–water partition coefficient (Wildman–Crippen LogP) is 2.99. The van der Waals surface area contributed by atoms with Gasteiger partial charge < -0.3 is 5.11 Å². The van der Waals surface area contributed by atoms with Gasteiger partial charge in [-0.3, -0.25) is 0 Å². The number of aromatic carboxylic acids is 1. The Labute approximate surface area is 132 Å². The van der Waals surface area contributed by atoms with Gasteiger partial charge >= 0.3 is 5.97 Å². The lowest BCUT2D eigenvalue weighted by molar-refractivity contribution is 0.0696. The summed E-state index contributed by atoms with van der Waals surface area (Å²) in [6, 6.07) is 2.23. The third kappa shape index (κ3) is 4.28. The van der Waals surface area contributed by atoms with E-state index in [0.29, 0.717) is 4.48 Å². The number of carboxylic acids is 1. The van der Waals surface area contributed by atoms with Gasteiger partial charge in [-0.25, -0.2) is 17.9 Å². The second kappa shape index (κ2) is 6.36. The molecule has 0 aliphatic carbocycles. The minimum Gasteiger partial charge on any atom is -0.478 e. The largest absolute Gasteiger partial charge is 0.478 e. The second-order valence-corrected chi connectivity index (χ2v) is 7.53. The molecular formula is C10H8Br2ClNO4S. The topological polar surface area (TPSA) is 83.5 Å². The van der Waals surface area contributed by atoms with Crippen molar-refractivity contribution in [1.82, 2.24) is 4.72 Å². The first-order valence-corrected chi connectivity index (χ1v) is 8.15. The maximum absolute atomic E-state index is 11.9. The first-order valence-electron chi connectivity index (χ1n) is 4.70. The van der Waals surface area contributed by atoms with E-state index in [0.717, 1.165) is 6.07 Å². The van der Waals surface area contributed by atoms with Crippen molar-refractivity contribution < 1.29 is 18.3 Å². The number of carboxylic acid groups (broad SMARTS) is 1. The molecular weight excluding hydrogens is 425 g/mol. The van der Waals surface area contributed by atoms with Crippen LogP contribution in [0.2, 0.25) is 5.02 Å². The van der Waals surface area contributed by atoms with Crippen LogP contribution >= 0.6 is 43.5 Å². The van der Waals surface area contributed by atoms with Crippen LogP contribution < -0.4 is 4.72 Å². The van der Waals surface area contributed by atoms with Crippen LogP contribution in [0.5, 0.6) is 0 Å². The molecule has 0 spiro atoms. The van der Waals surface area contributed by atoms with Gasteiger partial charge in [-0.15, -0.1) is 0 Å². The lowest BCUT2D eigenvalue weighted by Crippen LogP contribution is -2.25. The van der Waals surface area contributed by atoms with E-state index < -0.39 is 16.0 Å². The molecule has 0 aromatic heterocycles. The molecule has 0 unspecified atom stereocenters. The average molecular weight is 434 g/mol. The molecule has 0 amide bonds. The summed E-state index contributed by atoms with van der Waals surface area (Å²) in [5.41, 5.74) is -0.297. The maximum Gasteiger partial charge on any atom is 0.337 e. The zero-order valence-corrected chi connectivity index (χ0v) is 14.0. The predicted molar refractivity (Wildman–Crippen MR) is 79.4 cm³/mol. The standard InChI is InChI=1S/C10H8Br2ClNO4S/c1-5(11)4-14-19(17,18)6-2-7(10(15)16)9(13)8(12)3-6/h2-3,14H,1,4H2,(H,15,16). The zero-order valence-electron chi connectivity index (χ0n) is 9.28. The third-order valence-corrected chi connectivity index (χ3v) is 4.92. The van der Waals surface area contributed by atoms with Gasteiger partial charge in [-0.2, -0.15) is 0 Å². The molecule has 0 aliphatic rings. The smallest absolute Gasteiger partial charge is 0.337 e. The van der Waals surface area contributed by atoms with E-state index in [9.17, 15) is 13.2 Å². The van der Waals surface area contributed by atoms with Crippen molar-refractivity contribution in [3.8, 4) is 0 Å². The number of hydrogen-bond donors (Lipinski definition) is 2. The van der Waals surface area contributed by atoms with Crippen LogP contribution in [0.15, 0.2) is 32.6 Å². The summed E-state index contributed by atoms with van der Waals surface area (Å²) in [4.78, 5) is 10.8. The van der Waals surface area contributed by atoms with E-state index >= 15 is 0 Å². The SMILES string of the molecule is C=C(Br)CNS(=O)(=O)c1cc(Br)c(Cl)c(C(=O)O)c1. The molecule has 0 atom stereocenters. The van der Waals surface area contributed by atoms with Crippen molar-refractivity contribution in [1.29, 1.82) is 0 Å². The Morgan fingerprint density at radius 2 is 2.05 bits per heavy atom. The fourth-order valence-corrected chi connectivity index (χ4v) is 3.34. The number of sulfonamides is 1. The first kappa shape index (κ1) is 16.6. The molecule has 19 heavy (non-hydrogen) atoms. The lowest BCUT2D eigenvalue weighted by Gasteiger charge is -2.09.